The maximum Gasteiger partial charge on any atom is 0.122 e. The van der Waals surface area contributed by atoms with Crippen LogP contribution >= 0.6 is 11.3 Å². The average Bonchev–Trinajstić information content (AvgIpc) is 2.88. The van der Waals surface area contributed by atoms with E-state index < -0.39 is 0 Å². The van der Waals surface area contributed by atoms with E-state index in [2.05, 4.69) is 23.6 Å². The van der Waals surface area contributed by atoms with Crippen LogP contribution in [0.5, 0.6) is 0 Å². The molecule has 2 rings (SSSR count). The largest absolute Gasteiger partial charge is 0.384 e. The molecular weight excluding hydrogens is 230 g/mol. The van der Waals surface area contributed by atoms with Gasteiger partial charge in [0, 0.05) is 17.1 Å². The summed E-state index contributed by atoms with van der Waals surface area (Å²) in [7, 11) is 0. The second kappa shape index (κ2) is 4.64. The van der Waals surface area contributed by atoms with Gasteiger partial charge in [0.15, 0.2) is 0 Å². The lowest BCUT2D eigenvalue weighted by atomic mass is 10.2. The monoisotopic (exact) mass is 245 g/mol. The third-order valence-electron chi connectivity index (χ3n) is 3.14. The van der Waals surface area contributed by atoms with Crippen LogP contribution in [-0.4, -0.2) is 4.57 Å². The van der Waals surface area contributed by atoms with Gasteiger partial charge in [-0.3, -0.25) is 0 Å². The maximum atomic E-state index is 9.05. The predicted molar refractivity (Wildman–Crippen MR) is 71.1 cm³/mol. The molecule has 0 aromatic carbocycles. The number of hydrogen-bond acceptors (Lipinski definition) is 3. The zero-order chi connectivity index (χ0) is 12.4. The second-order valence-corrected chi connectivity index (χ2v) is 5.10. The highest BCUT2D eigenvalue weighted by Crippen LogP contribution is 2.24. The molecule has 2 N–H and O–H groups in total. The molecule has 2 aromatic heterocycles. The Morgan fingerprint density at radius 2 is 2.24 bits per heavy atom. The normalized spacial score (nSPS) is 10.4. The Hall–Kier alpha value is -1.73. The van der Waals surface area contributed by atoms with Gasteiger partial charge in [-0.2, -0.15) is 5.26 Å². The van der Waals surface area contributed by atoms with Crippen LogP contribution in [0.4, 0.5) is 5.82 Å². The minimum absolute atomic E-state index is 0.596. The first kappa shape index (κ1) is 11.7. The second-order valence-electron chi connectivity index (χ2n) is 4.06. The fourth-order valence-electron chi connectivity index (χ4n) is 2.00. The Morgan fingerprint density at radius 1 is 1.47 bits per heavy atom. The summed E-state index contributed by atoms with van der Waals surface area (Å²) < 4.78 is 2.04. The lowest BCUT2D eigenvalue weighted by molar-refractivity contribution is 0.694. The van der Waals surface area contributed by atoms with Gasteiger partial charge in [-0.25, -0.2) is 0 Å². The van der Waals surface area contributed by atoms with Crippen LogP contribution < -0.4 is 5.73 Å². The standard InChI is InChI=1S/C13H15N3S/c1-9-10(2)16(13(15)12(9)8-14)6-5-11-4-3-7-17-11/h3-4,7H,5-6,15H2,1-2H3. The minimum atomic E-state index is 0.596. The molecule has 88 valence electrons. The van der Waals surface area contributed by atoms with Crippen LogP contribution in [-0.2, 0) is 13.0 Å². The molecule has 0 aliphatic carbocycles. The molecule has 0 saturated carbocycles. The fraction of sp³-hybridized carbons (Fsp3) is 0.308. The number of nitrogens with two attached hydrogens (primary N) is 1. The Morgan fingerprint density at radius 3 is 2.76 bits per heavy atom. The van der Waals surface area contributed by atoms with Crippen LogP contribution in [0.15, 0.2) is 17.5 Å². The average molecular weight is 245 g/mol. The van der Waals surface area contributed by atoms with Gasteiger partial charge in [-0.15, -0.1) is 11.3 Å². The summed E-state index contributed by atoms with van der Waals surface area (Å²) in [6, 6.07) is 6.35. The van der Waals surface area contributed by atoms with Gasteiger partial charge < -0.3 is 10.3 Å². The predicted octanol–water partition coefficient (Wildman–Crippen LogP) is 2.86. The Balaban J connectivity index is 2.25. The van der Waals surface area contributed by atoms with Crippen molar-refractivity contribution in [1.82, 2.24) is 4.57 Å². The number of rotatable bonds is 3. The van der Waals surface area contributed by atoms with Crippen molar-refractivity contribution >= 4 is 17.2 Å². The van der Waals surface area contributed by atoms with E-state index in [-0.39, 0.29) is 0 Å². The topological polar surface area (TPSA) is 54.7 Å². The third kappa shape index (κ3) is 2.06. The minimum Gasteiger partial charge on any atom is -0.384 e. The van der Waals surface area contributed by atoms with Crippen LogP contribution in [0.25, 0.3) is 0 Å². The van der Waals surface area contributed by atoms with E-state index in [9.17, 15) is 0 Å². The molecule has 0 aliphatic rings. The van der Waals surface area contributed by atoms with E-state index >= 15 is 0 Å². The SMILES string of the molecule is Cc1c(C#N)c(N)n(CCc2cccs2)c1C. The van der Waals surface area contributed by atoms with E-state index in [1.807, 2.05) is 18.4 Å². The number of thiophene rings is 1. The molecule has 0 radical (unpaired) electrons. The molecule has 0 amide bonds. The van der Waals surface area contributed by atoms with Gasteiger partial charge >= 0.3 is 0 Å². The molecule has 0 unspecified atom stereocenters. The van der Waals surface area contributed by atoms with Crippen LogP contribution in [0.3, 0.4) is 0 Å². The summed E-state index contributed by atoms with van der Waals surface area (Å²) in [5.41, 5.74) is 8.71. The molecule has 0 saturated heterocycles. The molecule has 0 atom stereocenters. The van der Waals surface area contributed by atoms with Gasteiger partial charge in [0.1, 0.15) is 11.9 Å². The smallest absolute Gasteiger partial charge is 0.122 e. The van der Waals surface area contributed by atoms with Gasteiger partial charge in [0.2, 0.25) is 0 Å². The molecule has 2 aromatic rings. The maximum absolute atomic E-state index is 9.05. The lowest BCUT2D eigenvalue weighted by Crippen LogP contribution is -2.06. The van der Waals surface area contributed by atoms with Gasteiger partial charge in [-0.1, -0.05) is 6.07 Å². The van der Waals surface area contributed by atoms with Crippen molar-refractivity contribution in [2.45, 2.75) is 26.8 Å². The first-order valence-electron chi connectivity index (χ1n) is 5.52. The molecular formula is C13H15N3S. The van der Waals surface area contributed by atoms with Crippen LogP contribution in [0.2, 0.25) is 0 Å². The highest BCUT2D eigenvalue weighted by atomic mass is 32.1. The van der Waals surface area contributed by atoms with Gasteiger partial charge in [0.25, 0.3) is 0 Å². The molecule has 0 spiro atoms. The molecule has 4 heteroatoms. The fourth-order valence-corrected chi connectivity index (χ4v) is 2.70. The number of aromatic nitrogens is 1. The van der Waals surface area contributed by atoms with Crippen molar-refractivity contribution in [1.29, 1.82) is 5.26 Å². The van der Waals surface area contributed by atoms with Gasteiger partial charge in [-0.05, 0) is 37.3 Å². The number of anilines is 1. The van der Waals surface area contributed by atoms with Crippen molar-refractivity contribution in [2.24, 2.45) is 0 Å². The van der Waals surface area contributed by atoms with E-state index in [0.29, 0.717) is 11.4 Å². The summed E-state index contributed by atoms with van der Waals surface area (Å²) in [5, 5.41) is 11.1. The molecule has 0 bridgehead atoms. The molecule has 0 aliphatic heterocycles. The van der Waals surface area contributed by atoms with Crippen molar-refractivity contribution < 1.29 is 0 Å². The zero-order valence-electron chi connectivity index (χ0n) is 10.0. The Labute approximate surface area is 105 Å². The van der Waals surface area contributed by atoms with E-state index in [4.69, 9.17) is 11.0 Å². The zero-order valence-corrected chi connectivity index (χ0v) is 10.8. The first-order chi connectivity index (χ1) is 8.15. The van der Waals surface area contributed by atoms with E-state index in [0.717, 1.165) is 24.2 Å². The van der Waals surface area contributed by atoms with E-state index in [1.54, 1.807) is 11.3 Å². The number of nitriles is 1. The molecule has 2 heterocycles. The van der Waals surface area contributed by atoms with Crippen LogP contribution in [0.1, 0.15) is 21.7 Å². The summed E-state index contributed by atoms with van der Waals surface area (Å²) in [6.45, 7) is 4.80. The van der Waals surface area contributed by atoms with Crippen molar-refractivity contribution in [2.75, 3.05) is 5.73 Å². The number of nitrogen functional groups attached to an aromatic ring is 1. The number of aryl methyl sites for hydroxylation is 1. The highest BCUT2D eigenvalue weighted by molar-refractivity contribution is 7.09. The Bertz CT molecular complexity index is 558. The van der Waals surface area contributed by atoms with Crippen LogP contribution in [0, 0.1) is 25.2 Å². The molecule has 0 fully saturated rings. The van der Waals surface area contributed by atoms with E-state index in [1.165, 1.54) is 4.88 Å². The Kier molecular flexibility index (Phi) is 3.21. The quantitative estimate of drug-likeness (QED) is 0.904. The summed E-state index contributed by atoms with van der Waals surface area (Å²) in [4.78, 5) is 1.34. The summed E-state index contributed by atoms with van der Waals surface area (Å²) in [5.74, 6) is 0.596. The molecule has 17 heavy (non-hydrogen) atoms. The summed E-state index contributed by atoms with van der Waals surface area (Å²) in [6.07, 6.45) is 0.960. The lowest BCUT2D eigenvalue weighted by Gasteiger charge is -2.07. The molecule has 3 nitrogen and oxygen atoms in total. The first-order valence-corrected chi connectivity index (χ1v) is 6.40. The van der Waals surface area contributed by atoms with Crippen molar-refractivity contribution in [3.8, 4) is 6.07 Å². The number of nitrogens with zero attached hydrogens (tertiary/aromatic N) is 2. The summed E-state index contributed by atoms with van der Waals surface area (Å²) >= 11 is 1.75. The third-order valence-corrected chi connectivity index (χ3v) is 4.08. The van der Waals surface area contributed by atoms with Crippen molar-refractivity contribution in [3.63, 3.8) is 0 Å². The van der Waals surface area contributed by atoms with Gasteiger partial charge in [0.05, 0.1) is 5.56 Å². The number of hydrogen-bond donors (Lipinski definition) is 1. The highest BCUT2D eigenvalue weighted by Gasteiger charge is 2.14. The van der Waals surface area contributed by atoms with Crippen molar-refractivity contribution in [3.05, 3.63) is 39.2 Å².